The fourth-order valence-corrected chi connectivity index (χ4v) is 4.02. The summed E-state index contributed by atoms with van der Waals surface area (Å²) < 4.78 is 0. The molecule has 1 saturated heterocycles. The van der Waals surface area contributed by atoms with Crippen LogP contribution in [0.3, 0.4) is 0 Å². The quantitative estimate of drug-likeness (QED) is 0.774. The van der Waals surface area contributed by atoms with Crippen LogP contribution >= 0.6 is 46.6 Å². The van der Waals surface area contributed by atoms with E-state index in [0.29, 0.717) is 16.6 Å². The number of hydrogen-bond acceptors (Lipinski definition) is 2. The molecule has 1 heterocycles. The lowest BCUT2D eigenvalue weighted by molar-refractivity contribution is -0.128. The Labute approximate surface area is 119 Å². The number of nitrogens with zero attached hydrogens (tertiary/aromatic N) is 1. The van der Waals surface area contributed by atoms with Crippen LogP contribution < -0.4 is 0 Å². The van der Waals surface area contributed by atoms with E-state index in [0.717, 1.165) is 11.3 Å². The maximum atomic E-state index is 11.7. The summed E-state index contributed by atoms with van der Waals surface area (Å²) in [4.78, 5) is 13.4. The summed E-state index contributed by atoms with van der Waals surface area (Å²) in [6.45, 7) is 0.683. The van der Waals surface area contributed by atoms with Crippen molar-refractivity contribution in [3.05, 3.63) is 33.8 Å². The molecule has 0 aliphatic carbocycles. The van der Waals surface area contributed by atoms with Crippen molar-refractivity contribution in [2.75, 3.05) is 18.2 Å². The van der Waals surface area contributed by atoms with E-state index in [-0.39, 0.29) is 17.2 Å². The summed E-state index contributed by atoms with van der Waals surface area (Å²) in [7, 11) is 0. The second-order valence-corrected chi connectivity index (χ2v) is 5.85. The summed E-state index contributed by atoms with van der Waals surface area (Å²) in [6, 6.07) is 5.36. The van der Waals surface area contributed by atoms with Crippen LogP contribution in [0.1, 0.15) is 10.9 Å². The highest BCUT2D eigenvalue weighted by molar-refractivity contribution is 7.99. The van der Waals surface area contributed by atoms with Gasteiger partial charge in [-0.15, -0.1) is 23.4 Å². The van der Waals surface area contributed by atoms with E-state index in [4.69, 9.17) is 34.8 Å². The second-order valence-electron chi connectivity index (χ2n) is 3.58. The van der Waals surface area contributed by atoms with Crippen molar-refractivity contribution in [3.63, 3.8) is 0 Å². The largest absolute Gasteiger partial charge is 0.325 e. The van der Waals surface area contributed by atoms with Gasteiger partial charge in [0.15, 0.2) is 0 Å². The molecule has 1 aliphatic rings. The third kappa shape index (κ3) is 2.68. The van der Waals surface area contributed by atoms with Crippen molar-refractivity contribution >= 4 is 52.5 Å². The lowest BCUT2D eigenvalue weighted by atomic mass is 10.2. The van der Waals surface area contributed by atoms with Crippen LogP contribution in [0.25, 0.3) is 0 Å². The third-order valence-corrected chi connectivity index (χ3v) is 4.68. The van der Waals surface area contributed by atoms with E-state index in [1.165, 1.54) is 0 Å². The number of benzene rings is 1. The van der Waals surface area contributed by atoms with Gasteiger partial charge in [0.2, 0.25) is 5.91 Å². The Kier molecular flexibility index (Phi) is 4.47. The maximum absolute atomic E-state index is 11.7. The fourth-order valence-electron chi connectivity index (χ4n) is 1.79. The van der Waals surface area contributed by atoms with Crippen molar-refractivity contribution in [1.29, 1.82) is 0 Å². The highest BCUT2D eigenvalue weighted by atomic mass is 35.5. The number of thioether (sulfide) groups is 1. The van der Waals surface area contributed by atoms with Crippen LogP contribution in [-0.4, -0.2) is 29.0 Å². The van der Waals surface area contributed by atoms with E-state index >= 15 is 0 Å². The molecule has 6 heteroatoms. The molecule has 1 fully saturated rings. The van der Waals surface area contributed by atoms with Gasteiger partial charge in [0.05, 0.1) is 0 Å². The smallest absolute Gasteiger partial charge is 0.238 e. The minimum Gasteiger partial charge on any atom is -0.325 e. The fraction of sp³-hybridized carbons (Fsp3) is 0.364. The van der Waals surface area contributed by atoms with Gasteiger partial charge in [0.25, 0.3) is 0 Å². The molecule has 0 saturated carbocycles. The molecule has 17 heavy (non-hydrogen) atoms. The van der Waals surface area contributed by atoms with Crippen molar-refractivity contribution < 1.29 is 4.79 Å². The Bertz CT molecular complexity index is 420. The van der Waals surface area contributed by atoms with Gasteiger partial charge in [0, 0.05) is 27.9 Å². The van der Waals surface area contributed by atoms with Gasteiger partial charge in [-0.25, -0.2) is 0 Å². The summed E-state index contributed by atoms with van der Waals surface area (Å²) in [6.07, 6.45) is 0. The molecule has 1 atom stereocenters. The van der Waals surface area contributed by atoms with Crippen LogP contribution in [0.15, 0.2) is 18.2 Å². The van der Waals surface area contributed by atoms with Crippen LogP contribution in [0.5, 0.6) is 0 Å². The first-order valence-corrected chi connectivity index (χ1v) is 7.40. The highest BCUT2D eigenvalue weighted by Crippen LogP contribution is 2.43. The summed E-state index contributed by atoms with van der Waals surface area (Å²) in [5, 5.41) is 1.05. The Hall–Kier alpha value is -0.0900. The first kappa shape index (κ1) is 13.3. The summed E-state index contributed by atoms with van der Waals surface area (Å²) >= 11 is 19.6. The zero-order valence-electron chi connectivity index (χ0n) is 8.83. The van der Waals surface area contributed by atoms with Gasteiger partial charge < -0.3 is 4.90 Å². The minimum absolute atomic E-state index is 0.0148. The van der Waals surface area contributed by atoms with E-state index in [1.54, 1.807) is 34.9 Å². The molecule has 1 aromatic rings. The van der Waals surface area contributed by atoms with Gasteiger partial charge in [-0.3, -0.25) is 4.79 Å². The SMILES string of the molecule is O=C(CCl)N1CCSC1c1c(Cl)cccc1Cl. The summed E-state index contributed by atoms with van der Waals surface area (Å²) in [5.74, 6) is 0.770. The van der Waals surface area contributed by atoms with Crippen LogP contribution in [0.2, 0.25) is 10.0 Å². The number of alkyl halides is 1. The number of rotatable bonds is 2. The predicted octanol–water partition coefficient (Wildman–Crippen LogP) is 3.81. The third-order valence-electron chi connectivity index (χ3n) is 2.57. The van der Waals surface area contributed by atoms with Crippen LogP contribution in [0.4, 0.5) is 0 Å². The summed E-state index contributed by atoms with van der Waals surface area (Å²) in [5.41, 5.74) is 0.803. The molecule has 92 valence electrons. The zero-order chi connectivity index (χ0) is 12.4. The molecule has 0 bridgehead atoms. The van der Waals surface area contributed by atoms with Crippen LogP contribution in [0, 0.1) is 0 Å². The van der Waals surface area contributed by atoms with Gasteiger partial charge in [-0.2, -0.15) is 0 Å². The van der Waals surface area contributed by atoms with Crippen molar-refractivity contribution in [1.82, 2.24) is 4.90 Å². The molecule has 0 radical (unpaired) electrons. The number of hydrogen-bond donors (Lipinski definition) is 0. The average Bonchev–Trinajstić information content (AvgIpc) is 2.77. The maximum Gasteiger partial charge on any atom is 0.238 e. The Balaban J connectivity index is 2.36. The minimum atomic E-state index is -0.123. The molecule has 1 amide bonds. The van der Waals surface area contributed by atoms with Crippen molar-refractivity contribution in [2.24, 2.45) is 0 Å². The van der Waals surface area contributed by atoms with Gasteiger partial charge in [-0.05, 0) is 12.1 Å². The standard InChI is InChI=1S/C11H10Cl3NOS/c12-6-9(16)15-4-5-17-11(15)10-7(13)2-1-3-8(10)14/h1-3,11H,4-6H2. The second kappa shape index (κ2) is 5.70. The molecular weight excluding hydrogens is 301 g/mol. The lowest BCUT2D eigenvalue weighted by Crippen LogP contribution is -2.31. The first-order chi connectivity index (χ1) is 8.15. The van der Waals surface area contributed by atoms with Gasteiger partial charge >= 0.3 is 0 Å². The zero-order valence-corrected chi connectivity index (χ0v) is 11.9. The normalized spacial score (nSPS) is 19.7. The number of amides is 1. The Morgan fingerprint density at radius 3 is 2.65 bits per heavy atom. The van der Waals surface area contributed by atoms with Gasteiger partial charge in [-0.1, -0.05) is 29.3 Å². The van der Waals surface area contributed by atoms with E-state index < -0.39 is 0 Å². The van der Waals surface area contributed by atoms with Gasteiger partial charge in [0.1, 0.15) is 11.3 Å². The monoisotopic (exact) mass is 309 g/mol. The number of halogens is 3. The molecule has 2 nitrogen and oxygen atoms in total. The van der Waals surface area contributed by atoms with E-state index in [9.17, 15) is 4.79 Å². The first-order valence-electron chi connectivity index (χ1n) is 5.06. The molecular formula is C11H10Cl3NOS. The average molecular weight is 311 g/mol. The molecule has 0 aromatic heterocycles. The van der Waals surface area contributed by atoms with E-state index in [1.807, 2.05) is 0 Å². The number of carbonyl (C=O) groups is 1. The molecule has 1 aromatic carbocycles. The Morgan fingerprint density at radius 1 is 1.41 bits per heavy atom. The van der Waals surface area contributed by atoms with Crippen molar-refractivity contribution in [2.45, 2.75) is 5.37 Å². The van der Waals surface area contributed by atoms with E-state index in [2.05, 4.69) is 0 Å². The van der Waals surface area contributed by atoms with Crippen LogP contribution in [-0.2, 0) is 4.79 Å². The highest BCUT2D eigenvalue weighted by Gasteiger charge is 2.32. The lowest BCUT2D eigenvalue weighted by Gasteiger charge is -2.24. The molecule has 2 rings (SSSR count). The Morgan fingerprint density at radius 2 is 2.06 bits per heavy atom. The molecule has 0 spiro atoms. The number of carbonyl (C=O) groups excluding carboxylic acids is 1. The molecule has 1 unspecified atom stereocenters. The van der Waals surface area contributed by atoms with Crippen molar-refractivity contribution in [3.8, 4) is 0 Å². The topological polar surface area (TPSA) is 20.3 Å². The molecule has 0 N–H and O–H groups in total. The predicted molar refractivity (Wildman–Crippen MR) is 74.1 cm³/mol. The molecule has 1 aliphatic heterocycles.